The van der Waals surface area contributed by atoms with E-state index in [0.29, 0.717) is 28.9 Å². The molecule has 1 fully saturated rings. The zero-order valence-corrected chi connectivity index (χ0v) is 11.1. The van der Waals surface area contributed by atoms with Gasteiger partial charge in [0.15, 0.2) is 0 Å². The Hall–Kier alpha value is -0.640. The lowest BCUT2D eigenvalue weighted by Gasteiger charge is -2.15. The van der Waals surface area contributed by atoms with Crippen molar-refractivity contribution in [2.75, 3.05) is 13.1 Å². The first-order valence-electron chi connectivity index (χ1n) is 5.12. The predicted molar refractivity (Wildman–Crippen MR) is 68.3 cm³/mol. The van der Waals surface area contributed by atoms with Gasteiger partial charge in [-0.2, -0.15) is 0 Å². The molecule has 6 heteroatoms. The van der Waals surface area contributed by atoms with E-state index in [2.05, 4.69) is 0 Å². The van der Waals surface area contributed by atoms with Gasteiger partial charge in [0.25, 0.3) is 0 Å². The topological polar surface area (TPSA) is 29.5 Å². The van der Waals surface area contributed by atoms with Crippen molar-refractivity contribution in [3.8, 4) is 5.75 Å². The van der Waals surface area contributed by atoms with Crippen molar-refractivity contribution in [3.63, 3.8) is 0 Å². The van der Waals surface area contributed by atoms with Crippen LogP contribution in [0.3, 0.4) is 0 Å². The lowest BCUT2D eigenvalue weighted by atomic mass is 10.3. The van der Waals surface area contributed by atoms with Crippen molar-refractivity contribution < 1.29 is 9.53 Å². The second-order valence-electron chi connectivity index (χ2n) is 3.83. The van der Waals surface area contributed by atoms with Crippen LogP contribution >= 0.6 is 34.8 Å². The maximum Gasteiger partial charge on any atom is 0.316 e. The molecule has 92 valence electrons. The molecule has 1 aliphatic heterocycles. The first-order chi connectivity index (χ1) is 8.04. The Labute approximate surface area is 114 Å². The van der Waals surface area contributed by atoms with Crippen LogP contribution in [0, 0.1) is 0 Å². The molecule has 0 N–H and O–H groups in total. The minimum Gasteiger partial charge on any atom is -0.488 e. The van der Waals surface area contributed by atoms with Crippen molar-refractivity contribution in [1.82, 2.24) is 4.90 Å². The summed E-state index contributed by atoms with van der Waals surface area (Å²) in [6, 6.07) is 5.02. The van der Waals surface area contributed by atoms with Crippen LogP contribution in [0.15, 0.2) is 18.2 Å². The Morgan fingerprint density at radius 1 is 1.29 bits per heavy atom. The second kappa shape index (κ2) is 5.34. The molecule has 3 nitrogen and oxygen atoms in total. The Morgan fingerprint density at radius 3 is 2.47 bits per heavy atom. The predicted octanol–water partition coefficient (Wildman–Crippen LogP) is 3.81. The fraction of sp³-hybridized carbons (Fsp3) is 0.364. The second-order valence-corrected chi connectivity index (χ2v) is 5.03. The minimum atomic E-state index is -0.444. The number of benzene rings is 1. The smallest absolute Gasteiger partial charge is 0.316 e. The summed E-state index contributed by atoms with van der Waals surface area (Å²) in [5.74, 6) is 0.608. The highest BCUT2D eigenvalue weighted by Gasteiger charge is 2.26. The number of likely N-dealkylation sites (tertiary alicyclic amines) is 1. The van der Waals surface area contributed by atoms with E-state index in [4.69, 9.17) is 39.5 Å². The average molecular weight is 295 g/mol. The van der Waals surface area contributed by atoms with E-state index >= 15 is 0 Å². The normalized spacial score (nSPS) is 19.5. The molecule has 1 amide bonds. The number of amides is 1. The summed E-state index contributed by atoms with van der Waals surface area (Å²) in [6.07, 6.45) is 0.690. The Kier molecular flexibility index (Phi) is 4.02. The quantitative estimate of drug-likeness (QED) is 0.613. The molecule has 1 aromatic rings. The van der Waals surface area contributed by atoms with Gasteiger partial charge >= 0.3 is 5.37 Å². The highest BCUT2D eigenvalue weighted by atomic mass is 35.5. The van der Waals surface area contributed by atoms with E-state index in [1.807, 2.05) is 0 Å². The lowest BCUT2D eigenvalue weighted by Crippen LogP contribution is -2.26. The molecule has 1 unspecified atom stereocenters. The maximum atomic E-state index is 10.9. The number of hydrogen-bond donors (Lipinski definition) is 0. The van der Waals surface area contributed by atoms with Gasteiger partial charge < -0.3 is 9.64 Å². The van der Waals surface area contributed by atoms with Crippen molar-refractivity contribution in [2.45, 2.75) is 12.5 Å². The Balaban J connectivity index is 2.00. The summed E-state index contributed by atoms with van der Waals surface area (Å²) in [6.45, 7) is 1.10. The fourth-order valence-electron chi connectivity index (χ4n) is 1.77. The van der Waals surface area contributed by atoms with E-state index < -0.39 is 5.37 Å². The summed E-state index contributed by atoms with van der Waals surface area (Å²) in [4.78, 5) is 12.5. The van der Waals surface area contributed by atoms with Crippen LogP contribution in [0.2, 0.25) is 10.0 Å². The number of carbonyl (C=O) groups is 1. The zero-order chi connectivity index (χ0) is 12.4. The van der Waals surface area contributed by atoms with Crippen LogP contribution in [-0.4, -0.2) is 29.5 Å². The molecular formula is C11H10Cl3NO2. The fourth-order valence-corrected chi connectivity index (χ4v) is 2.43. The average Bonchev–Trinajstić information content (AvgIpc) is 2.64. The van der Waals surface area contributed by atoms with Gasteiger partial charge in [0, 0.05) is 23.0 Å². The van der Waals surface area contributed by atoms with Crippen molar-refractivity contribution >= 4 is 40.2 Å². The highest BCUT2D eigenvalue weighted by molar-refractivity contribution is 6.62. The standard InChI is InChI=1S/C11H10Cl3NO2/c12-7-3-8(13)5-10(4-7)17-9-1-2-15(6-9)11(14)16/h3-5,9H,1-2,6H2. The Bertz CT molecular complexity index is 418. The van der Waals surface area contributed by atoms with Gasteiger partial charge in [-0.25, -0.2) is 0 Å². The number of rotatable bonds is 2. The molecule has 1 aromatic carbocycles. The van der Waals surface area contributed by atoms with Crippen LogP contribution in [0.1, 0.15) is 6.42 Å². The molecule has 0 bridgehead atoms. The van der Waals surface area contributed by atoms with Gasteiger partial charge in [-0.15, -0.1) is 0 Å². The van der Waals surface area contributed by atoms with Crippen LogP contribution in [-0.2, 0) is 0 Å². The number of hydrogen-bond acceptors (Lipinski definition) is 2. The maximum absolute atomic E-state index is 10.9. The van der Waals surface area contributed by atoms with Crippen molar-refractivity contribution in [1.29, 1.82) is 0 Å². The number of nitrogens with zero attached hydrogens (tertiary/aromatic N) is 1. The number of ether oxygens (including phenoxy) is 1. The van der Waals surface area contributed by atoms with Crippen LogP contribution in [0.5, 0.6) is 5.75 Å². The first kappa shape index (κ1) is 12.8. The van der Waals surface area contributed by atoms with Crippen molar-refractivity contribution in [2.24, 2.45) is 0 Å². The molecule has 1 saturated heterocycles. The zero-order valence-electron chi connectivity index (χ0n) is 8.83. The highest BCUT2D eigenvalue weighted by Crippen LogP contribution is 2.26. The van der Waals surface area contributed by atoms with Crippen LogP contribution in [0.25, 0.3) is 0 Å². The molecule has 1 atom stereocenters. The molecule has 17 heavy (non-hydrogen) atoms. The molecule has 0 aromatic heterocycles. The summed E-state index contributed by atoms with van der Waals surface area (Å²) < 4.78 is 5.70. The van der Waals surface area contributed by atoms with E-state index in [1.165, 1.54) is 0 Å². The third kappa shape index (κ3) is 3.41. The minimum absolute atomic E-state index is 0.0627. The van der Waals surface area contributed by atoms with E-state index in [0.717, 1.165) is 6.42 Å². The summed E-state index contributed by atoms with van der Waals surface area (Å²) in [5.41, 5.74) is 0. The van der Waals surface area contributed by atoms with Crippen LogP contribution in [0.4, 0.5) is 4.79 Å². The van der Waals surface area contributed by atoms with Gasteiger partial charge in [0.1, 0.15) is 11.9 Å². The summed E-state index contributed by atoms with van der Waals surface area (Å²) in [7, 11) is 0. The molecule has 0 radical (unpaired) electrons. The number of halogens is 3. The van der Waals surface area contributed by atoms with Gasteiger partial charge in [-0.1, -0.05) is 23.2 Å². The molecule has 1 aliphatic rings. The van der Waals surface area contributed by atoms with E-state index in [1.54, 1.807) is 23.1 Å². The summed E-state index contributed by atoms with van der Waals surface area (Å²) in [5, 5.41) is 0.603. The molecule has 1 heterocycles. The van der Waals surface area contributed by atoms with E-state index in [-0.39, 0.29) is 6.10 Å². The third-order valence-electron chi connectivity index (χ3n) is 2.53. The molecule has 0 aliphatic carbocycles. The first-order valence-corrected chi connectivity index (χ1v) is 6.25. The van der Waals surface area contributed by atoms with Gasteiger partial charge in [0.2, 0.25) is 0 Å². The lowest BCUT2D eigenvalue weighted by molar-refractivity contribution is 0.199. The van der Waals surface area contributed by atoms with Crippen molar-refractivity contribution in [3.05, 3.63) is 28.2 Å². The third-order valence-corrected chi connectivity index (χ3v) is 3.21. The van der Waals surface area contributed by atoms with Gasteiger partial charge in [-0.3, -0.25) is 4.79 Å². The summed E-state index contributed by atoms with van der Waals surface area (Å²) >= 11 is 17.1. The molecule has 2 rings (SSSR count). The van der Waals surface area contributed by atoms with Crippen LogP contribution < -0.4 is 4.74 Å². The SMILES string of the molecule is O=C(Cl)N1CCC(Oc2cc(Cl)cc(Cl)c2)C1. The van der Waals surface area contributed by atoms with Gasteiger partial charge in [0.05, 0.1) is 6.54 Å². The number of carbonyl (C=O) groups excluding carboxylic acids is 1. The monoisotopic (exact) mass is 293 g/mol. The van der Waals surface area contributed by atoms with Gasteiger partial charge in [-0.05, 0) is 29.8 Å². The van der Waals surface area contributed by atoms with E-state index in [9.17, 15) is 4.79 Å². The molecule has 0 saturated carbocycles. The molecular weight excluding hydrogens is 284 g/mol. The molecule has 0 spiro atoms. The Morgan fingerprint density at radius 2 is 1.94 bits per heavy atom. The largest absolute Gasteiger partial charge is 0.488 e.